The van der Waals surface area contributed by atoms with Crippen molar-refractivity contribution in [3.8, 4) is 0 Å². The summed E-state index contributed by atoms with van der Waals surface area (Å²) in [5.74, 6) is -0.830. The molecule has 2 aromatic carbocycles. The quantitative estimate of drug-likeness (QED) is 0.833. The molecule has 22 heavy (non-hydrogen) atoms. The average molecular weight is 296 g/mol. The molecular weight excluding hydrogens is 276 g/mol. The molecule has 2 rings (SSSR count). The first-order chi connectivity index (χ1) is 10.5. The molecule has 2 amide bonds. The third-order valence-electron chi connectivity index (χ3n) is 3.42. The van der Waals surface area contributed by atoms with Crippen molar-refractivity contribution < 1.29 is 9.59 Å². The van der Waals surface area contributed by atoms with E-state index in [1.54, 1.807) is 6.07 Å². The lowest BCUT2D eigenvalue weighted by Gasteiger charge is -2.14. The van der Waals surface area contributed by atoms with Crippen molar-refractivity contribution in [2.45, 2.75) is 26.3 Å². The van der Waals surface area contributed by atoms with Gasteiger partial charge in [0, 0.05) is 5.56 Å². The number of carbonyl (C=O) groups excluding carboxylic acids is 2. The Labute approximate surface area is 130 Å². The van der Waals surface area contributed by atoms with E-state index >= 15 is 0 Å². The van der Waals surface area contributed by atoms with Crippen LogP contribution in [0.2, 0.25) is 0 Å². The highest BCUT2D eigenvalue weighted by Gasteiger charge is 2.17. The molecule has 0 unspecified atom stereocenters. The Morgan fingerprint density at radius 3 is 2.45 bits per heavy atom. The fourth-order valence-corrected chi connectivity index (χ4v) is 2.17. The first-order valence-electron chi connectivity index (χ1n) is 7.19. The third-order valence-corrected chi connectivity index (χ3v) is 3.42. The number of hydrogen-bond acceptors (Lipinski definition) is 2. The number of nitrogens with one attached hydrogen (secondary N) is 1. The minimum atomic E-state index is -0.700. The van der Waals surface area contributed by atoms with Crippen LogP contribution in [-0.2, 0) is 4.79 Å². The second-order valence-electron chi connectivity index (χ2n) is 5.51. The zero-order valence-electron chi connectivity index (χ0n) is 12.8. The lowest BCUT2D eigenvalue weighted by atomic mass is 10.1. The highest BCUT2D eigenvalue weighted by Crippen LogP contribution is 2.15. The van der Waals surface area contributed by atoms with Gasteiger partial charge in [-0.3, -0.25) is 9.59 Å². The van der Waals surface area contributed by atoms with Gasteiger partial charge in [-0.25, -0.2) is 0 Å². The Bertz CT molecular complexity index is 731. The van der Waals surface area contributed by atoms with Crippen LogP contribution in [0, 0.1) is 0 Å². The summed E-state index contributed by atoms with van der Waals surface area (Å²) in [4.78, 5) is 23.8. The van der Waals surface area contributed by atoms with Crippen molar-refractivity contribution in [1.29, 1.82) is 0 Å². The summed E-state index contributed by atoms with van der Waals surface area (Å²) in [6.45, 7) is 3.87. The number of allylic oxidation sites excluding steroid dienone is 1. The van der Waals surface area contributed by atoms with Crippen LogP contribution in [0.25, 0.3) is 10.8 Å². The first-order valence-corrected chi connectivity index (χ1v) is 7.19. The molecule has 2 aromatic rings. The Kier molecular flexibility index (Phi) is 4.94. The van der Waals surface area contributed by atoms with Crippen LogP contribution in [0.15, 0.2) is 54.1 Å². The molecular formula is C18H20N2O2. The summed E-state index contributed by atoms with van der Waals surface area (Å²) in [6.07, 6.45) is 2.28. The van der Waals surface area contributed by atoms with E-state index in [-0.39, 0.29) is 5.91 Å². The molecule has 0 heterocycles. The van der Waals surface area contributed by atoms with Crippen LogP contribution >= 0.6 is 0 Å². The van der Waals surface area contributed by atoms with Gasteiger partial charge >= 0.3 is 0 Å². The maximum atomic E-state index is 12.3. The summed E-state index contributed by atoms with van der Waals surface area (Å²) in [7, 11) is 0. The predicted molar refractivity (Wildman–Crippen MR) is 88.4 cm³/mol. The average Bonchev–Trinajstić information content (AvgIpc) is 2.50. The van der Waals surface area contributed by atoms with E-state index in [1.165, 1.54) is 0 Å². The van der Waals surface area contributed by atoms with Gasteiger partial charge in [0.15, 0.2) is 0 Å². The molecule has 0 bridgehead atoms. The van der Waals surface area contributed by atoms with E-state index in [0.717, 1.165) is 16.3 Å². The van der Waals surface area contributed by atoms with Crippen molar-refractivity contribution in [2.24, 2.45) is 5.73 Å². The monoisotopic (exact) mass is 296 g/mol. The summed E-state index contributed by atoms with van der Waals surface area (Å²) in [6, 6.07) is 12.5. The number of benzene rings is 2. The molecule has 1 atom stereocenters. The van der Waals surface area contributed by atoms with Crippen LogP contribution in [0.3, 0.4) is 0 Å². The van der Waals surface area contributed by atoms with E-state index in [2.05, 4.69) is 5.32 Å². The number of hydrogen-bond donors (Lipinski definition) is 2. The molecule has 0 aliphatic carbocycles. The van der Waals surface area contributed by atoms with Crippen molar-refractivity contribution in [1.82, 2.24) is 5.32 Å². The Morgan fingerprint density at radius 1 is 1.14 bits per heavy atom. The summed E-state index contributed by atoms with van der Waals surface area (Å²) in [5, 5.41) is 4.74. The minimum absolute atomic E-state index is 0.295. The third kappa shape index (κ3) is 3.95. The molecule has 0 fully saturated rings. The van der Waals surface area contributed by atoms with Gasteiger partial charge in [0.25, 0.3) is 5.91 Å². The summed E-state index contributed by atoms with van der Waals surface area (Å²) < 4.78 is 0. The normalized spacial score (nSPS) is 11.7. The zero-order chi connectivity index (χ0) is 16.1. The van der Waals surface area contributed by atoms with Gasteiger partial charge in [-0.15, -0.1) is 0 Å². The number of primary amides is 1. The highest BCUT2D eigenvalue weighted by atomic mass is 16.2. The first kappa shape index (κ1) is 15.8. The topological polar surface area (TPSA) is 72.2 Å². The molecule has 0 radical (unpaired) electrons. The second-order valence-corrected chi connectivity index (χ2v) is 5.51. The van der Waals surface area contributed by atoms with Crippen LogP contribution in [-0.4, -0.2) is 17.9 Å². The largest absolute Gasteiger partial charge is 0.368 e. The fourth-order valence-electron chi connectivity index (χ4n) is 2.17. The fraction of sp³-hybridized carbons (Fsp3) is 0.222. The highest BCUT2D eigenvalue weighted by molar-refractivity contribution is 6.00. The van der Waals surface area contributed by atoms with Crippen LogP contribution < -0.4 is 11.1 Å². The van der Waals surface area contributed by atoms with E-state index in [0.29, 0.717) is 12.0 Å². The lowest BCUT2D eigenvalue weighted by Crippen LogP contribution is -2.44. The Morgan fingerprint density at radius 2 is 1.82 bits per heavy atom. The molecule has 114 valence electrons. The van der Waals surface area contributed by atoms with Gasteiger partial charge in [-0.1, -0.05) is 42.0 Å². The predicted octanol–water partition coefficient (Wildman–Crippen LogP) is 2.78. The van der Waals surface area contributed by atoms with Crippen LogP contribution in [0.1, 0.15) is 30.6 Å². The standard InChI is InChI=1S/C18H20N2O2/c1-12(2)7-10-16(17(19)21)20-18(22)15-9-8-13-5-3-4-6-14(13)11-15/h3-9,11,16H,10H2,1-2H3,(H2,19,21)(H,20,22)/t16-/m1/s1. The molecule has 4 heteroatoms. The minimum Gasteiger partial charge on any atom is -0.368 e. The van der Waals surface area contributed by atoms with Gasteiger partial charge in [-0.05, 0) is 43.2 Å². The molecule has 0 aromatic heterocycles. The van der Waals surface area contributed by atoms with E-state index in [4.69, 9.17) is 5.73 Å². The molecule has 0 aliphatic rings. The number of amides is 2. The molecule has 4 nitrogen and oxygen atoms in total. The smallest absolute Gasteiger partial charge is 0.251 e. The van der Waals surface area contributed by atoms with E-state index in [9.17, 15) is 9.59 Å². The molecule has 0 spiro atoms. The number of carbonyl (C=O) groups is 2. The SMILES string of the molecule is CC(C)=CC[C@@H](NC(=O)c1ccc2ccccc2c1)C(N)=O. The maximum Gasteiger partial charge on any atom is 0.251 e. The van der Waals surface area contributed by atoms with Crippen molar-refractivity contribution in [3.63, 3.8) is 0 Å². The molecule has 0 aliphatic heterocycles. The summed E-state index contributed by atoms with van der Waals surface area (Å²) in [5.41, 5.74) is 6.95. The van der Waals surface area contributed by atoms with Gasteiger partial charge in [0.2, 0.25) is 5.91 Å². The van der Waals surface area contributed by atoms with Crippen molar-refractivity contribution in [2.75, 3.05) is 0 Å². The van der Waals surface area contributed by atoms with Gasteiger partial charge < -0.3 is 11.1 Å². The lowest BCUT2D eigenvalue weighted by molar-refractivity contribution is -0.119. The van der Waals surface area contributed by atoms with E-state index in [1.807, 2.05) is 56.3 Å². The number of fused-ring (bicyclic) bond motifs is 1. The number of rotatable bonds is 5. The summed E-state index contributed by atoms with van der Waals surface area (Å²) >= 11 is 0. The molecule has 3 N–H and O–H groups in total. The Hall–Kier alpha value is -2.62. The van der Waals surface area contributed by atoms with Gasteiger partial charge in [0.1, 0.15) is 6.04 Å². The van der Waals surface area contributed by atoms with Crippen LogP contribution in [0.4, 0.5) is 0 Å². The van der Waals surface area contributed by atoms with Crippen molar-refractivity contribution in [3.05, 3.63) is 59.7 Å². The zero-order valence-corrected chi connectivity index (χ0v) is 12.8. The van der Waals surface area contributed by atoms with Gasteiger partial charge in [-0.2, -0.15) is 0 Å². The molecule has 0 saturated heterocycles. The second kappa shape index (κ2) is 6.89. The van der Waals surface area contributed by atoms with E-state index < -0.39 is 11.9 Å². The van der Waals surface area contributed by atoms with Crippen LogP contribution in [0.5, 0.6) is 0 Å². The molecule has 0 saturated carbocycles. The number of nitrogens with two attached hydrogens (primary N) is 1. The Balaban J connectivity index is 2.17. The van der Waals surface area contributed by atoms with Gasteiger partial charge in [0.05, 0.1) is 0 Å². The van der Waals surface area contributed by atoms with Crippen molar-refractivity contribution >= 4 is 22.6 Å². The maximum absolute atomic E-state index is 12.3.